The number of anilines is 1. The van der Waals surface area contributed by atoms with Gasteiger partial charge in [-0.1, -0.05) is 109 Å². The molecule has 0 saturated carbocycles. The normalized spacial score (nSPS) is 21.5. The molecule has 7 rings (SSSR count). The molecule has 0 bridgehead atoms. The predicted molar refractivity (Wildman–Crippen MR) is 174 cm³/mol. The van der Waals surface area contributed by atoms with Crippen molar-refractivity contribution in [1.29, 1.82) is 0 Å². The number of sulfonamides is 1. The number of nitrogens with zero attached hydrogens (tertiary/aromatic N) is 2. The number of amides is 1. The van der Waals surface area contributed by atoms with Gasteiger partial charge in [-0.05, 0) is 59.5 Å². The predicted octanol–water partition coefficient (Wildman–Crippen LogP) is 7.08. The molecule has 0 aliphatic carbocycles. The van der Waals surface area contributed by atoms with Crippen molar-refractivity contribution in [1.82, 2.24) is 5.06 Å². The molecule has 230 valence electrons. The van der Waals surface area contributed by atoms with Crippen molar-refractivity contribution in [2.24, 2.45) is 4.40 Å². The molecule has 9 heteroatoms. The molecular formula is C37H30FN3O4S. The van der Waals surface area contributed by atoms with Gasteiger partial charge < -0.3 is 5.32 Å². The molecule has 1 fully saturated rings. The van der Waals surface area contributed by atoms with Gasteiger partial charge >= 0.3 is 0 Å². The number of halogens is 1. The van der Waals surface area contributed by atoms with Gasteiger partial charge in [-0.3, -0.25) is 9.63 Å². The van der Waals surface area contributed by atoms with Crippen LogP contribution in [0.25, 0.3) is 0 Å². The molecule has 5 aromatic rings. The molecule has 2 aliphatic rings. The number of aryl methyl sites for hydroxylation is 1. The van der Waals surface area contributed by atoms with Crippen LogP contribution in [0.15, 0.2) is 143 Å². The van der Waals surface area contributed by atoms with E-state index in [0.717, 1.165) is 11.1 Å². The van der Waals surface area contributed by atoms with Gasteiger partial charge in [0.2, 0.25) is 0 Å². The molecule has 2 aliphatic heterocycles. The largest absolute Gasteiger partial charge is 0.342 e. The fraction of sp³-hybridized carbons (Fsp3) is 0.135. The SMILES string of the molecule is Cc1ccc(S(=O)(=O)/N=C2\Nc3ccccc3C23C(c2ccccc2)C(=O)N(OCc2ccccc2)C3c2ccc(F)cc2)cc1. The van der Waals surface area contributed by atoms with Crippen molar-refractivity contribution >= 4 is 27.5 Å². The minimum Gasteiger partial charge on any atom is -0.342 e. The molecular weight excluding hydrogens is 601 g/mol. The van der Waals surface area contributed by atoms with Gasteiger partial charge in [0, 0.05) is 5.69 Å². The summed E-state index contributed by atoms with van der Waals surface area (Å²) in [6.45, 7) is 1.95. The van der Waals surface area contributed by atoms with E-state index in [2.05, 4.69) is 9.71 Å². The lowest BCUT2D eigenvalue weighted by Gasteiger charge is -2.37. The Labute approximate surface area is 267 Å². The molecule has 1 saturated heterocycles. The standard InChI is InChI=1S/C37H30FN3O4S/c1-25-16-22-30(23-17-25)46(43,44)40-36-37(31-14-8-9-15-32(31)39-36)33(27-12-6-3-7-13-27)35(42)41(45-24-26-10-4-2-5-11-26)34(37)28-18-20-29(38)21-19-28/h2-23,33-34H,24H2,1H3,(H,39,40). The van der Waals surface area contributed by atoms with Crippen molar-refractivity contribution in [3.05, 3.63) is 167 Å². The zero-order valence-electron chi connectivity index (χ0n) is 24.9. The molecule has 1 amide bonds. The van der Waals surface area contributed by atoms with Crippen LogP contribution in [0.1, 0.15) is 39.8 Å². The van der Waals surface area contributed by atoms with Crippen molar-refractivity contribution in [3.63, 3.8) is 0 Å². The van der Waals surface area contributed by atoms with E-state index in [1.165, 1.54) is 29.3 Å². The number of carbonyl (C=O) groups is 1. The van der Waals surface area contributed by atoms with Crippen LogP contribution >= 0.6 is 0 Å². The monoisotopic (exact) mass is 631 g/mol. The molecule has 3 unspecified atom stereocenters. The molecule has 7 nitrogen and oxygen atoms in total. The summed E-state index contributed by atoms with van der Waals surface area (Å²) in [5.74, 6) is -1.70. The molecule has 1 N–H and O–H groups in total. The van der Waals surface area contributed by atoms with Gasteiger partial charge in [-0.15, -0.1) is 4.40 Å². The fourth-order valence-electron chi connectivity index (χ4n) is 6.60. The van der Waals surface area contributed by atoms with Crippen molar-refractivity contribution in [2.45, 2.75) is 35.8 Å². The van der Waals surface area contributed by atoms with E-state index < -0.39 is 33.2 Å². The van der Waals surface area contributed by atoms with Crippen LogP contribution in [-0.2, 0) is 31.7 Å². The maximum absolute atomic E-state index is 14.9. The third-order valence-corrected chi connectivity index (χ3v) is 9.96. The number of hydroxylamine groups is 2. The van der Waals surface area contributed by atoms with E-state index in [4.69, 9.17) is 4.84 Å². The molecule has 3 atom stereocenters. The third kappa shape index (κ3) is 4.98. The third-order valence-electron chi connectivity index (χ3n) is 8.67. The number of para-hydroxylation sites is 1. The van der Waals surface area contributed by atoms with E-state index in [1.54, 1.807) is 24.3 Å². The highest BCUT2D eigenvalue weighted by Crippen LogP contribution is 2.61. The zero-order valence-corrected chi connectivity index (χ0v) is 25.7. The fourth-order valence-corrected chi connectivity index (χ4v) is 7.63. The summed E-state index contributed by atoms with van der Waals surface area (Å²) in [5, 5.41) is 4.62. The first kappa shape index (κ1) is 29.6. The second kappa shape index (κ2) is 11.7. The second-order valence-electron chi connectivity index (χ2n) is 11.5. The van der Waals surface area contributed by atoms with Crippen LogP contribution in [0.2, 0.25) is 0 Å². The Kier molecular flexibility index (Phi) is 7.50. The Morgan fingerprint density at radius 3 is 2.13 bits per heavy atom. The number of rotatable bonds is 7. The Bertz CT molecular complexity index is 2040. The highest BCUT2D eigenvalue weighted by Gasteiger charge is 2.67. The van der Waals surface area contributed by atoms with E-state index in [9.17, 15) is 17.6 Å². The quantitative estimate of drug-likeness (QED) is 0.207. The van der Waals surface area contributed by atoms with Gasteiger partial charge in [-0.2, -0.15) is 8.42 Å². The van der Waals surface area contributed by atoms with Crippen LogP contribution in [0.5, 0.6) is 0 Å². The molecule has 0 radical (unpaired) electrons. The Hall–Kier alpha value is -5.12. The Morgan fingerprint density at radius 2 is 1.43 bits per heavy atom. The lowest BCUT2D eigenvalue weighted by molar-refractivity contribution is -0.198. The van der Waals surface area contributed by atoms with Gasteiger partial charge in [-0.25, -0.2) is 9.45 Å². The summed E-state index contributed by atoms with van der Waals surface area (Å²) in [5.41, 5.74) is 2.83. The number of fused-ring (bicyclic) bond motifs is 2. The van der Waals surface area contributed by atoms with Gasteiger partial charge in [0.05, 0.1) is 16.2 Å². The molecule has 1 spiro atoms. The van der Waals surface area contributed by atoms with Crippen LogP contribution in [0.4, 0.5) is 10.1 Å². The molecule has 46 heavy (non-hydrogen) atoms. The van der Waals surface area contributed by atoms with Crippen LogP contribution in [0.3, 0.4) is 0 Å². The maximum Gasteiger partial charge on any atom is 0.283 e. The summed E-state index contributed by atoms with van der Waals surface area (Å²) in [7, 11) is -4.25. The maximum atomic E-state index is 14.9. The van der Waals surface area contributed by atoms with Gasteiger partial charge in [0.15, 0.2) is 0 Å². The van der Waals surface area contributed by atoms with E-state index >= 15 is 0 Å². The number of nitrogens with one attached hydrogen (secondary N) is 1. The Balaban J connectivity index is 1.51. The number of hydrogen-bond acceptors (Lipinski definition) is 4. The summed E-state index contributed by atoms with van der Waals surface area (Å²) in [6.07, 6.45) is 0. The number of hydrogen-bond donors (Lipinski definition) is 1. The number of benzene rings is 5. The van der Waals surface area contributed by atoms with Crippen LogP contribution < -0.4 is 5.32 Å². The topological polar surface area (TPSA) is 88.1 Å². The van der Waals surface area contributed by atoms with Crippen molar-refractivity contribution in [3.8, 4) is 0 Å². The summed E-state index contributed by atoms with van der Waals surface area (Å²) < 4.78 is 46.8. The molecule has 2 heterocycles. The first-order valence-corrected chi connectivity index (χ1v) is 16.3. The minimum absolute atomic E-state index is 0.0228. The summed E-state index contributed by atoms with van der Waals surface area (Å²) in [4.78, 5) is 21.3. The highest BCUT2D eigenvalue weighted by molar-refractivity contribution is 7.90. The summed E-state index contributed by atoms with van der Waals surface area (Å²) >= 11 is 0. The minimum atomic E-state index is -4.25. The lowest BCUT2D eigenvalue weighted by atomic mass is 9.64. The smallest absolute Gasteiger partial charge is 0.283 e. The van der Waals surface area contributed by atoms with Crippen molar-refractivity contribution < 1.29 is 22.4 Å². The zero-order chi connectivity index (χ0) is 31.9. The van der Waals surface area contributed by atoms with Crippen LogP contribution in [0, 0.1) is 12.7 Å². The van der Waals surface area contributed by atoms with E-state index in [-0.39, 0.29) is 23.2 Å². The second-order valence-corrected chi connectivity index (χ2v) is 13.1. The van der Waals surface area contributed by atoms with E-state index in [0.29, 0.717) is 22.4 Å². The van der Waals surface area contributed by atoms with Crippen molar-refractivity contribution in [2.75, 3.05) is 5.32 Å². The molecule has 0 aromatic heterocycles. The van der Waals surface area contributed by atoms with Gasteiger partial charge in [0.25, 0.3) is 15.9 Å². The Morgan fingerprint density at radius 1 is 0.804 bits per heavy atom. The first-order chi connectivity index (χ1) is 22.3. The number of carbonyl (C=O) groups excluding carboxylic acids is 1. The van der Waals surface area contributed by atoms with E-state index in [1.807, 2.05) is 91.9 Å². The van der Waals surface area contributed by atoms with Gasteiger partial charge in [0.1, 0.15) is 24.3 Å². The first-order valence-electron chi connectivity index (χ1n) is 14.9. The highest BCUT2D eigenvalue weighted by atomic mass is 32.2. The average Bonchev–Trinajstić information content (AvgIpc) is 3.51. The molecule has 5 aromatic carbocycles. The average molecular weight is 632 g/mol. The number of amidine groups is 1. The lowest BCUT2D eigenvalue weighted by Crippen LogP contribution is -2.44. The van der Waals surface area contributed by atoms with Crippen LogP contribution in [-0.4, -0.2) is 25.2 Å². The summed E-state index contributed by atoms with van der Waals surface area (Å²) in [6, 6.07) is 37.5.